The van der Waals surface area contributed by atoms with E-state index in [0.29, 0.717) is 25.0 Å². The Hall–Kier alpha value is -2.87. The zero-order valence-electron chi connectivity index (χ0n) is 17.0. The molecule has 1 aromatic heterocycles. The first-order chi connectivity index (χ1) is 14.1. The molecule has 0 atom stereocenters. The molecule has 3 rings (SSSR count). The molecule has 0 N–H and O–H groups in total. The molecule has 0 bridgehead atoms. The summed E-state index contributed by atoms with van der Waals surface area (Å²) in [5.41, 5.74) is 3.38. The number of rotatable bonds is 9. The maximum Gasteiger partial charge on any atom is 0.358 e. The van der Waals surface area contributed by atoms with E-state index in [1.807, 2.05) is 7.05 Å². The summed E-state index contributed by atoms with van der Waals surface area (Å²) >= 11 is 0. The molecule has 0 amide bonds. The SMILES string of the molecule is C=NOCCCOC1CCN(c2ccc(-c3cc(C(=O)OC)nn3C)cc2)CC1. The van der Waals surface area contributed by atoms with Gasteiger partial charge in [0.05, 0.1) is 25.5 Å². The molecule has 8 nitrogen and oxygen atoms in total. The van der Waals surface area contributed by atoms with E-state index in [4.69, 9.17) is 14.3 Å². The van der Waals surface area contributed by atoms with Gasteiger partial charge < -0.3 is 19.2 Å². The van der Waals surface area contributed by atoms with Crippen molar-refractivity contribution in [2.24, 2.45) is 12.2 Å². The number of aromatic nitrogens is 2. The predicted molar refractivity (Wildman–Crippen MR) is 111 cm³/mol. The van der Waals surface area contributed by atoms with Gasteiger partial charge >= 0.3 is 5.97 Å². The fourth-order valence-corrected chi connectivity index (χ4v) is 3.50. The summed E-state index contributed by atoms with van der Waals surface area (Å²) in [5, 5.41) is 7.59. The second-order valence-corrected chi connectivity index (χ2v) is 6.95. The molecule has 29 heavy (non-hydrogen) atoms. The maximum atomic E-state index is 11.7. The third kappa shape index (κ3) is 5.35. The van der Waals surface area contributed by atoms with E-state index in [9.17, 15) is 4.79 Å². The highest BCUT2D eigenvalue weighted by Crippen LogP contribution is 2.26. The monoisotopic (exact) mass is 400 g/mol. The third-order valence-corrected chi connectivity index (χ3v) is 5.07. The van der Waals surface area contributed by atoms with Crippen molar-refractivity contribution < 1.29 is 19.1 Å². The molecular weight excluding hydrogens is 372 g/mol. The van der Waals surface area contributed by atoms with Gasteiger partial charge in [0.2, 0.25) is 0 Å². The van der Waals surface area contributed by atoms with Crippen molar-refractivity contribution in [3.05, 3.63) is 36.0 Å². The van der Waals surface area contributed by atoms with Crippen LogP contribution in [0.3, 0.4) is 0 Å². The first kappa shape index (κ1) is 20.9. The number of hydrogen-bond acceptors (Lipinski definition) is 7. The van der Waals surface area contributed by atoms with Crippen LogP contribution in [0.25, 0.3) is 11.3 Å². The highest BCUT2D eigenvalue weighted by molar-refractivity contribution is 5.88. The number of benzene rings is 1. The molecule has 1 aromatic carbocycles. The standard InChI is InChI=1S/C21H28N4O4/c1-22-29-14-4-13-28-18-9-11-25(12-10-18)17-7-5-16(6-8-17)20-15-19(21(26)27-3)23-24(20)2/h5-8,15,18H,1,4,9-14H2,2-3H3. The predicted octanol–water partition coefficient (Wildman–Crippen LogP) is 2.88. The number of esters is 1. The lowest BCUT2D eigenvalue weighted by molar-refractivity contribution is 0.0217. The second kappa shape index (κ2) is 10.1. The lowest BCUT2D eigenvalue weighted by Gasteiger charge is -2.33. The first-order valence-electron chi connectivity index (χ1n) is 9.79. The molecular formula is C21H28N4O4. The van der Waals surface area contributed by atoms with Gasteiger partial charge in [-0.25, -0.2) is 4.79 Å². The molecule has 1 aliphatic heterocycles. The minimum Gasteiger partial charge on any atom is -0.464 e. The summed E-state index contributed by atoms with van der Waals surface area (Å²) in [6, 6.07) is 10.1. The van der Waals surface area contributed by atoms with E-state index in [-0.39, 0.29) is 0 Å². The maximum absolute atomic E-state index is 11.7. The zero-order valence-corrected chi connectivity index (χ0v) is 17.0. The normalized spacial score (nSPS) is 14.6. The summed E-state index contributed by atoms with van der Waals surface area (Å²) in [6.07, 6.45) is 3.14. The van der Waals surface area contributed by atoms with Gasteiger partial charge in [-0.15, -0.1) is 5.16 Å². The molecule has 0 aliphatic carbocycles. The number of carbonyl (C=O) groups is 1. The number of nitrogens with zero attached hydrogens (tertiary/aromatic N) is 4. The lowest BCUT2D eigenvalue weighted by Crippen LogP contribution is -2.37. The van der Waals surface area contributed by atoms with Gasteiger partial charge in [0.1, 0.15) is 6.61 Å². The van der Waals surface area contributed by atoms with E-state index in [1.165, 1.54) is 12.8 Å². The van der Waals surface area contributed by atoms with Crippen LogP contribution in [0.1, 0.15) is 29.8 Å². The largest absolute Gasteiger partial charge is 0.464 e. The molecule has 2 aromatic rings. The van der Waals surface area contributed by atoms with Crippen molar-refractivity contribution >= 4 is 18.4 Å². The quantitative estimate of drug-likeness (QED) is 0.279. The van der Waals surface area contributed by atoms with Crippen molar-refractivity contribution in [1.82, 2.24) is 9.78 Å². The second-order valence-electron chi connectivity index (χ2n) is 6.95. The highest BCUT2D eigenvalue weighted by Gasteiger charge is 2.20. The van der Waals surface area contributed by atoms with E-state index in [1.54, 1.807) is 10.7 Å². The minimum absolute atomic E-state index is 0.299. The van der Waals surface area contributed by atoms with Crippen LogP contribution in [0.5, 0.6) is 0 Å². The number of methoxy groups -OCH3 is 1. The van der Waals surface area contributed by atoms with Gasteiger partial charge in [-0.2, -0.15) is 5.10 Å². The molecule has 1 saturated heterocycles. The molecule has 0 unspecified atom stereocenters. The Kier molecular flexibility index (Phi) is 7.24. The van der Waals surface area contributed by atoms with Crippen LogP contribution in [0, 0.1) is 0 Å². The van der Waals surface area contributed by atoms with Crippen LogP contribution in [-0.4, -0.2) is 62.0 Å². The molecule has 0 radical (unpaired) electrons. The summed E-state index contributed by atoms with van der Waals surface area (Å²) in [7, 11) is 3.18. The van der Waals surface area contributed by atoms with Gasteiger partial charge in [-0.1, -0.05) is 12.1 Å². The Morgan fingerprint density at radius 2 is 1.97 bits per heavy atom. The summed E-state index contributed by atoms with van der Waals surface area (Å²) in [6.45, 7) is 6.45. The summed E-state index contributed by atoms with van der Waals surface area (Å²) in [5.74, 6) is -0.432. The van der Waals surface area contributed by atoms with Crippen molar-refractivity contribution in [2.45, 2.75) is 25.4 Å². The number of anilines is 1. The Bertz CT molecular complexity index is 811. The number of piperidine rings is 1. The van der Waals surface area contributed by atoms with Crippen LogP contribution in [0.4, 0.5) is 5.69 Å². The van der Waals surface area contributed by atoms with Crippen LogP contribution >= 0.6 is 0 Å². The third-order valence-electron chi connectivity index (χ3n) is 5.07. The Morgan fingerprint density at radius 3 is 2.62 bits per heavy atom. The Balaban J connectivity index is 1.53. The highest BCUT2D eigenvalue weighted by atomic mass is 16.6. The number of aryl methyl sites for hydroxylation is 1. The number of ether oxygens (including phenoxy) is 2. The van der Waals surface area contributed by atoms with Crippen LogP contribution in [0.15, 0.2) is 35.5 Å². The molecule has 0 saturated carbocycles. The number of hydrogen-bond donors (Lipinski definition) is 0. The zero-order chi connectivity index (χ0) is 20.6. The van der Waals surface area contributed by atoms with Gasteiger partial charge in [-0.3, -0.25) is 4.68 Å². The van der Waals surface area contributed by atoms with Gasteiger partial charge in [0.25, 0.3) is 0 Å². The van der Waals surface area contributed by atoms with E-state index in [0.717, 1.165) is 43.6 Å². The van der Waals surface area contributed by atoms with Crippen molar-refractivity contribution in [1.29, 1.82) is 0 Å². The fourth-order valence-electron chi connectivity index (χ4n) is 3.50. The fraction of sp³-hybridized carbons (Fsp3) is 0.476. The van der Waals surface area contributed by atoms with Crippen molar-refractivity contribution in [2.75, 3.05) is 38.3 Å². The number of oxime groups is 1. The van der Waals surface area contributed by atoms with Crippen LogP contribution in [0.2, 0.25) is 0 Å². The topological polar surface area (TPSA) is 78.2 Å². The molecule has 1 fully saturated rings. The van der Waals surface area contributed by atoms with E-state index in [2.05, 4.69) is 46.1 Å². The smallest absolute Gasteiger partial charge is 0.358 e. The molecule has 156 valence electrons. The van der Waals surface area contributed by atoms with Crippen molar-refractivity contribution in [3.63, 3.8) is 0 Å². The molecule has 8 heteroatoms. The van der Waals surface area contributed by atoms with E-state index >= 15 is 0 Å². The number of carbonyl (C=O) groups excluding carboxylic acids is 1. The first-order valence-corrected chi connectivity index (χ1v) is 9.79. The Labute approximate surface area is 171 Å². The van der Waals surface area contributed by atoms with Gasteiger partial charge in [0.15, 0.2) is 5.69 Å². The average molecular weight is 400 g/mol. The van der Waals surface area contributed by atoms with Gasteiger partial charge in [-0.05, 0) is 36.6 Å². The van der Waals surface area contributed by atoms with Gasteiger partial charge in [0, 0.05) is 39.0 Å². The lowest BCUT2D eigenvalue weighted by atomic mass is 10.1. The molecule has 2 heterocycles. The van der Waals surface area contributed by atoms with Crippen LogP contribution in [-0.2, 0) is 21.4 Å². The minimum atomic E-state index is -0.432. The van der Waals surface area contributed by atoms with E-state index < -0.39 is 5.97 Å². The molecule has 0 spiro atoms. The Morgan fingerprint density at radius 1 is 1.24 bits per heavy atom. The molecule has 1 aliphatic rings. The average Bonchev–Trinajstić information content (AvgIpc) is 3.15. The summed E-state index contributed by atoms with van der Waals surface area (Å²) in [4.78, 5) is 18.9. The summed E-state index contributed by atoms with van der Waals surface area (Å²) < 4.78 is 12.4. The van der Waals surface area contributed by atoms with Crippen molar-refractivity contribution in [3.8, 4) is 11.3 Å². The van der Waals surface area contributed by atoms with Crippen LogP contribution < -0.4 is 4.90 Å².